The highest BCUT2D eigenvalue weighted by molar-refractivity contribution is 7.99. The van der Waals surface area contributed by atoms with E-state index in [0.29, 0.717) is 22.0 Å². The Bertz CT molecular complexity index is 1160. The molecule has 3 rings (SSSR count). The van der Waals surface area contributed by atoms with Crippen molar-refractivity contribution in [3.63, 3.8) is 0 Å². The van der Waals surface area contributed by atoms with Gasteiger partial charge in [-0.15, -0.1) is 0 Å². The molecule has 7 nitrogen and oxygen atoms in total. The van der Waals surface area contributed by atoms with Gasteiger partial charge in [0.25, 0.3) is 5.91 Å². The number of amides is 1. The number of methoxy groups -OCH3 is 1. The molecule has 1 aromatic heterocycles. The first-order valence-corrected chi connectivity index (χ1v) is 11.2. The smallest absolute Gasteiger partial charge is 0.250 e. The second kappa shape index (κ2) is 11.6. The van der Waals surface area contributed by atoms with Gasteiger partial charge in [-0.05, 0) is 43.7 Å². The zero-order valence-corrected chi connectivity index (χ0v) is 19.8. The van der Waals surface area contributed by atoms with Crippen LogP contribution in [-0.4, -0.2) is 35.0 Å². The minimum Gasteiger partial charge on any atom is -0.493 e. The number of aromatic nitrogens is 2. The number of halogens is 2. The maximum absolute atomic E-state index is 13.8. The number of nitrogens with zero attached hydrogens (tertiary/aromatic N) is 3. The van der Waals surface area contributed by atoms with Crippen LogP contribution in [0.3, 0.4) is 0 Å². The minimum atomic E-state index is -0.366. The number of nitrogens with one attached hydrogen (secondary N) is 1. The molecule has 33 heavy (non-hydrogen) atoms. The first-order valence-electron chi connectivity index (χ1n) is 9.86. The van der Waals surface area contributed by atoms with Crippen LogP contribution >= 0.6 is 23.4 Å². The molecule has 2 aromatic carbocycles. The number of carbonyl (C=O) groups excluding carboxylic acids is 1. The summed E-state index contributed by atoms with van der Waals surface area (Å²) in [4.78, 5) is 20.6. The summed E-state index contributed by atoms with van der Waals surface area (Å²) in [5, 5.41) is 4.76. The van der Waals surface area contributed by atoms with Crippen LogP contribution in [0.5, 0.6) is 11.5 Å². The number of aryl methyl sites for hydroxylation is 2. The minimum absolute atomic E-state index is 0.00586. The number of thioether (sulfide) groups is 1. The van der Waals surface area contributed by atoms with Gasteiger partial charge >= 0.3 is 0 Å². The van der Waals surface area contributed by atoms with E-state index in [9.17, 15) is 9.18 Å². The van der Waals surface area contributed by atoms with Crippen LogP contribution in [0.25, 0.3) is 0 Å². The summed E-state index contributed by atoms with van der Waals surface area (Å²) in [5.74, 6) is 0.0893. The van der Waals surface area contributed by atoms with Gasteiger partial charge in [-0.3, -0.25) is 4.79 Å². The molecule has 0 spiro atoms. The summed E-state index contributed by atoms with van der Waals surface area (Å²) < 4.78 is 24.9. The Labute approximate surface area is 200 Å². The third kappa shape index (κ3) is 7.16. The van der Waals surface area contributed by atoms with E-state index in [1.165, 1.54) is 31.2 Å². The molecular formula is C23H22ClFN4O3S. The van der Waals surface area contributed by atoms with E-state index in [4.69, 9.17) is 21.1 Å². The van der Waals surface area contributed by atoms with Crippen LogP contribution < -0.4 is 14.9 Å². The fraction of sp³-hybridized carbons (Fsp3) is 0.217. The standard InChI is InChI=1S/C23H22ClFN4O3S/c1-14-8-15(2)28-23(27-14)33-13-21(30)29-26-11-16-9-18(24)22(20(10-16)31-3)32-12-17-6-4-5-7-19(17)25/h4-11H,12-13H2,1-3H3,(H,29,30)/b26-11-. The highest BCUT2D eigenvalue weighted by Crippen LogP contribution is 2.36. The Morgan fingerprint density at radius 1 is 1.21 bits per heavy atom. The van der Waals surface area contributed by atoms with E-state index < -0.39 is 0 Å². The molecule has 0 saturated heterocycles. The average molecular weight is 489 g/mol. The van der Waals surface area contributed by atoms with Crippen molar-refractivity contribution in [3.8, 4) is 11.5 Å². The van der Waals surface area contributed by atoms with E-state index in [1.54, 1.807) is 30.3 Å². The lowest BCUT2D eigenvalue weighted by molar-refractivity contribution is -0.118. The van der Waals surface area contributed by atoms with Gasteiger partial charge in [-0.1, -0.05) is 41.6 Å². The maximum atomic E-state index is 13.8. The van der Waals surface area contributed by atoms with Crippen LogP contribution in [0, 0.1) is 19.7 Å². The predicted molar refractivity (Wildman–Crippen MR) is 127 cm³/mol. The molecule has 0 bridgehead atoms. The summed E-state index contributed by atoms with van der Waals surface area (Å²) in [6, 6.07) is 11.4. The Hall–Kier alpha value is -3.17. The SMILES string of the molecule is COc1cc(/C=N\NC(=O)CSc2nc(C)cc(C)n2)cc(Cl)c1OCc1ccccc1F. The molecule has 1 amide bonds. The zero-order chi connectivity index (χ0) is 23.8. The number of carbonyl (C=O) groups is 1. The van der Waals surface area contributed by atoms with E-state index in [-0.39, 0.29) is 34.9 Å². The monoisotopic (exact) mass is 488 g/mol. The predicted octanol–water partition coefficient (Wildman–Crippen LogP) is 4.72. The molecule has 1 heterocycles. The van der Waals surface area contributed by atoms with E-state index in [0.717, 1.165) is 11.4 Å². The van der Waals surface area contributed by atoms with Crippen molar-refractivity contribution in [1.29, 1.82) is 0 Å². The normalized spacial score (nSPS) is 10.9. The van der Waals surface area contributed by atoms with Crippen molar-refractivity contribution in [1.82, 2.24) is 15.4 Å². The maximum Gasteiger partial charge on any atom is 0.250 e. The van der Waals surface area contributed by atoms with E-state index in [1.807, 2.05) is 19.9 Å². The fourth-order valence-corrected chi connectivity index (χ4v) is 3.83. The molecule has 3 aromatic rings. The van der Waals surface area contributed by atoms with Crippen molar-refractivity contribution < 1.29 is 18.7 Å². The molecule has 0 unspecified atom stereocenters. The van der Waals surface area contributed by atoms with Crippen molar-refractivity contribution in [2.75, 3.05) is 12.9 Å². The number of hydrogen-bond donors (Lipinski definition) is 1. The quantitative estimate of drug-likeness (QED) is 0.203. The average Bonchev–Trinajstić information content (AvgIpc) is 2.77. The molecular weight excluding hydrogens is 467 g/mol. The number of ether oxygens (including phenoxy) is 2. The molecule has 1 N–H and O–H groups in total. The van der Waals surface area contributed by atoms with E-state index >= 15 is 0 Å². The van der Waals surface area contributed by atoms with Crippen molar-refractivity contribution in [3.05, 3.63) is 75.8 Å². The molecule has 0 aliphatic heterocycles. The fourth-order valence-electron chi connectivity index (χ4n) is 2.82. The number of benzene rings is 2. The lowest BCUT2D eigenvalue weighted by Crippen LogP contribution is -2.19. The summed E-state index contributed by atoms with van der Waals surface area (Å²) in [5.41, 5.74) is 5.12. The van der Waals surface area contributed by atoms with Gasteiger partial charge in [-0.2, -0.15) is 5.10 Å². The molecule has 0 aliphatic rings. The van der Waals surface area contributed by atoms with Crippen LogP contribution in [0.2, 0.25) is 5.02 Å². The van der Waals surface area contributed by atoms with Gasteiger partial charge in [0, 0.05) is 17.0 Å². The molecule has 0 saturated carbocycles. The highest BCUT2D eigenvalue weighted by Gasteiger charge is 2.13. The van der Waals surface area contributed by atoms with Crippen LogP contribution in [0.15, 0.2) is 52.7 Å². The van der Waals surface area contributed by atoms with E-state index in [2.05, 4.69) is 20.5 Å². The Morgan fingerprint density at radius 2 is 1.94 bits per heavy atom. The third-order valence-corrected chi connectivity index (χ3v) is 5.41. The van der Waals surface area contributed by atoms with Crippen LogP contribution in [-0.2, 0) is 11.4 Å². The van der Waals surface area contributed by atoms with Gasteiger partial charge in [0.15, 0.2) is 16.7 Å². The summed E-state index contributed by atoms with van der Waals surface area (Å²) >= 11 is 7.56. The molecule has 0 atom stereocenters. The Kier molecular flexibility index (Phi) is 8.62. The topological polar surface area (TPSA) is 85.7 Å². The third-order valence-electron chi connectivity index (χ3n) is 4.28. The second-order valence-corrected chi connectivity index (χ2v) is 8.28. The molecule has 0 fully saturated rings. The van der Waals surface area contributed by atoms with Gasteiger partial charge in [0.2, 0.25) is 0 Å². The van der Waals surface area contributed by atoms with Crippen LogP contribution in [0.4, 0.5) is 4.39 Å². The number of rotatable bonds is 9. The molecule has 0 radical (unpaired) electrons. The Morgan fingerprint density at radius 3 is 2.64 bits per heavy atom. The first kappa shape index (κ1) is 24.5. The Balaban J connectivity index is 1.59. The lowest BCUT2D eigenvalue weighted by atomic mass is 10.2. The van der Waals surface area contributed by atoms with Gasteiger partial charge in [0.05, 0.1) is 24.1 Å². The van der Waals surface area contributed by atoms with Crippen molar-refractivity contribution in [2.45, 2.75) is 25.6 Å². The second-order valence-electron chi connectivity index (χ2n) is 6.93. The summed E-state index contributed by atoms with van der Waals surface area (Å²) in [7, 11) is 1.47. The molecule has 0 aliphatic carbocycles. The lowest BCUT2D eigenvalue weighted by Gasteiger charge is -2.13. The summed E-state index contributed by atoms with van der Waals surface area (Å²) in [6.07, 6.45) is 1.44. The number of hydrogen-bond acceptors (Lipinski definition) is 7. The van der Waals surface area contributed by atoms with Crippen molar-refractivity contribution in [2.24, 2.45) is 5.10 Å². The number of hydrazone groups is 1. The highest BCUT2D eigenvalue weighted by atomic mass is 35.5. The molecule has 10 heteroatoms. The molecule has 172 valence electrons. The van der Waals surface area contributed by atoms with Gasteiger partial charge < -0.3 is 9.47 Å². The zero-order valence-electron chi connectivity index (χ0n) is 18.3. The summed E-state index contributed by atoms with van der Waals surface area (Å²) in [6.45, 7) is 3.74. The van der Waals surface area contributed by atoms with Gasteiger partial charge in [-0.25, -0.2) is 19.8 Å². The first-order chi connectivity index (χ1) is 15.9. The van der Waals surface area contributed by atoms with Gasteiger partial charge in [0.1, 0.15) is 12.4 Å². The van der Waals surface area contributed by atoms with Crippen LogP contribution in [0.1, 0.15) is 22.5 Å². The largest absolute Gasteiger partial charge is 0.493 e. The van der Waals surface area contributed by atoms with Crippen molar-refractivity contribution >= 4 is 35.5 Å².